The first-order valence-electron chi connectivity index (χ1n) is 8.37. The molecule has 0 bridgehead atoms. The van der Waals surface area contributed by atoms with Crippen LogP contribution in [0.1, 0.15) is 45.1 Å². The number of benzene rings is 2. The summed E-state index contributed by atoms with van der Waals surface area (Å²) in [6.07, 6.45) is 5.33. The highest BCUT2D eigenvalue weighted by atomic mass is 19.2. The van der Waals surface area contributed by atoms with Gasteiger partial charge in [0, 0.05) is 5.56 Å². The lowest BCUT2D eigenvalue weighted by molar-refractivity contribution is 0.295. The van der Waals surface area contributed by atoms with Gasteiger partial charge in [-0.05, 0) is 42.5 Å². The lowest BCUT2D eigenvalue weighted by atomic mass is 10.0. The fraction of sp³-hybridized carbons (Fsp3) is 0.400. The van der Waals surface area contributed by atoms with Crippen LogP contribution in [0.2, 0.25) is 0 Å². The van der Waals surface area contributed by atoms with Crippen molar-refractivity contribution in [2.45, 2.75) is 46.0 Å². The van der Waals surface area contributed by atoms with E-state index >= 15 is 0 Å². The van der Waals surface area contributed by atoms with Crippen molar-refractivity contribution in [1.82, 2.24) is 0 Å². The van der Waals surface area contributed by atoms with Gasteiger partial charge in [0.1, 0.15) is 0 Å². The topological polar surface area (TPSA) is 9.23 Å². The summed E-state index contributed by atoms with van der Waals surface area (Å²) in [6, 6.07) is 10.8. The van der Waals surface area contributed by atoms with Gasteiger partial charge in [-0.3, -0.25) is 0 Å². The van der Waals surface area contributed by atoms with E-state index in [9.17, 15) is 8.78 Å². The summed E-state index contributed by atoms with van der Waals surface area (Å²) < 4.78 is 33.5. The summed E-state index contributed by atoms with van der Waals surface area (Å²) in [5.41, 5.74) is 2.18. The molecular formula is C20H24F2O. The van der Waals surface area contributed by atoms with Crippen molar-refractivity contribution < 1.29 is 13.5 Å². The van der Waals surface area contributed by atoms with Gasteiger partial charge in [-0.25, -0.2) is 4.39 Å². The summed E-state index contributed by atoms with van der Waals surface area (Å²) in [5, 5.41) is 0. The molecule has 0 N–H and O–H groups in total. The lowest BCUT2D eigenvalue weighted by Crippen LogP contribution is -2.00. The second kappa shape index (κ2) is 8.66. The first-order valence-corrected chi connectivity index (χ1v) is 8.37. The van der Waals surface area contributed by atoms with E-state index in [1.807, 2.05) is 31.2 Å². The van der Waals surface area contributed by atoms with Crippen molar-refractivity contribution in [1.29, 1.82) is 0 Å². The van der Waals surface area contributed by atoms with Gasteiger partial charge in [-0.15, -0.1) is 0 Å². The maximum Gasteiger partial charge on any atom is 0.201 e. The smallest absolute Gasteiger partial charge is 0.201 e. The van der Waals surface area contributed by atoms with E-state index in [2.05, 4.69) is 6.92 Å². The zero-order valence-corrected chi connectivity index (χ0v) is 13.9. The summed E-state index contributed by atoms with van der Waals surface area (Å²) in [4.78, 5) is 0. The van der Waals surface area contributed by atoms with Crippen LogP contribution in [0.15, 0.2) is 36.4 Å². The molecule has 0 aliphatic heterocycles. The third-order valence-corrected chi connectivity index (χ3v) is 3.84. The lowest BCUT2D eigenvalue weighted by Gasteiger charge is -2.10. The molecule has 2 aromatic carbocycles. The SMILES string of the molecule is CCCCCc1ccc(-c2ccc(OCCC)c(F)c2F)cc1. The summed E-state index contributed by atoms with van der Waals surface area (Å²) in [5.74, 6) is -1.79. The van der Waals surface area contributed by atoms with Crippen molar-refractivity contribution in [3.63, 3.8) is 0 Å². The molecular weight excluding hydrogens is 294 g/mol. The number of aryl methyl sites for hydroxylation is 1. The van der Waals surface area contributed by atoms with Gasteiger partial charge < -0.3 is 4.74 Å². The summed E-state index contributed by atoms with van der Waals surface area (Å²) in [6.45, 7) is 4.47. The molecule has 0 saturated heterocycles. The number of unbranched alkanes of at least 4 members (excludes halogenated alkanes) is 2. The molecule has 2 aromatic rings. The van der Waals surface area contributed by atoms with Crippen molar-refractivity contribution in [3.05, 3.63) is 53.6 Å². The molecule has 0 spiro atoms. The first-order chi connectivity index (χ1) is 11.2. The fourth-order valence-corrected chi connectivity index (χ4v) is 2.51. The average molecular weight is 318 g/mol. The highest BCUT2D eigenvalue weighted by molar-refractivity contribution is 5.65. The normalized spacial score (nSPS) is 10.8. The monoisotopic (exact) mass is 318 g/mol. The van der Waals surface area contributed by atoms with Crippen molar-refractivity contribution in [2.75, 3.05) is 6.61 Å². The van der Waals surface area contributed by atoms with Gasteiger partial charge in [0.2, 0.25) is 5.82 Å². The van der Waals surface area contributed by atoms with E-state index in [0.717, 1.165) is 19.3 Å². The van der Waals surface area contributed by atoms with E-state index in [0.29, 0.717) is 12.2 Å². The maximum absolute atomic E-state index is 14.3. The van der Waals surface area contributed by atoms with Crippen LogP contribution >= 0.6 is 0 Å². The Morgan fingerprint density at radius 1 is 0.826 bits per heavy atom. The quantitative estimate of drug-likeness (QED) is 0.530. The number of hydrogen-bond acceptors (Lipinski definition) is 1. The molecule has 2 rings (SSSR count). The highest BCUT2D eigenvalue weighted by Gasteiger charge is 2.15. The molecule has 0 amide bonds. The van der Waals surface area contributed by atoms with Crippen molar-refractivity contribution in [2.24, 2.45) is 0 Å². The van der Waals surface area contributed by atoms with Crippen molar-refractivity contribution >= 4 is 0 Å². The number of hydrogen-bond donors (Lipinski definition) is 0. The van der Waals surface area contributed by atoms with Gasteiger partial charge >= 0.3 is 0 Å². The van der Waals surface area contributed by atoms with Crippen LogP contribution in [0.4, 0.5) is 8.78 Å². The van der Waals surface area contributed by atoms with E-state index in [1.165, 1.54) is 24.5 Å². The van der Waals surface area contributed by atoms with Crippen LogP contribution in [0.5, 0.6) is 5.75 Å². The molecule has 0 fully saturated rings. The predicted octanol–water partition coefficient (Wildman–Crippen LogP) is 6.15. The largest absolute Gasteiger partial charge is 0.490 e. The minimum Gasteiger partial charge on any atom is -0.490 e. The number of rotatable bonds is 8. The second-order valence-electron chi connectivity index (χ2n) is 5.74. The standard InChI is InChI=1S/C20H24F2O/c1-3-5-6-7-15-8-10-16(11-9-15)17-12-13-18(23-14-4-2)20(22)19(17)21/h8-13H,3-7,14H2,1-2H3. The van der Waals surface area contributed by atoms with Crippen molar-refractivity contribution in [3.8, 4) is 16.9 Å². The Balaban J connectivity index is 2.16. The molecule has 0 saturated carbocycles. The Bertz CT molecular complexity index is 620. The van der Waals surface area contributed by atoms with Gasteiger partial charge in [0.25, 0.3) is 0 Å². The number of halogens is 2. The Kier molecular flexibility index (Phi) is 6.57. The van der Waals surface area contributed by atoms with Gasteiger partial charge in [-0.1, -0.05) is 51.0 Å². The Labute approximate surface area is 137 Å². The zero-order chi connectivity index (χ0) is 16.7. The van der Waals surface area contributed by atoms with Crippen LogP contribution in [0.3, 0.4) is 0 Å². The molecule has 0 aliphatic rings. The zero-order valence-electron chi connectivity index (χ0n) is 13.9. The molecule has 0 unspecified atom stereocenters. The summed E-state index contributed by atoms with van der Waals surface area (Å²) >= 11 is 0. The molecule has 3 heteroatoms. The minimum atomic E-state index is -0.914. The average Bonchev–Trinajstić information content (AvgIpc) is 2.57. The Morgan fingerprint density at radius 2 is 1.57 bits per heavy atom. The van der Waals surface area contributed by atoms with Gasteiger partial charge in [0.05, 0.1) is 6.61 Å². The molecule has 0 atom stereocenters. The summed E-state index contributed by atoms with van der Waals surface area (Å²) in [7, 11) is 0. The van der Waals surface area contributed by atoms with E-state index < -0.39 is 11.6 Å². The number of ether oxygens (including phenoxy) is 1. The van der Waals surface area contributed by atoms with Crippen LogP contribution in [-0.2, 0) is 6.42 Å². The van der Waals surface area contributed by atoms with E-state index in [4.69, 9.17) is 4.74 Å². The van der Waals surface area contributed by atoms with Crippen LogP contribution < -0.4 is 4.74 Å². The molecule has 23 heavy (non-hydrogen) atoms. The van der Waals surface area contributed by atoms with E-state index in [1.54, 1.807) is 6.07 Å². The van der Waals surface area contributed by atoms with Crippen LogP contribution in [0.25, 0.3) is 11.1 Å². The Morgan fingerprint density at radius 3 is 2.22 bits per heavy atom. The first kappa shape index (κ1) is 17.5. The maximum atomic E-state index is 14.3. The molecule has 1 nitrogen and oxygen atoms in total. The minimum absolute atomic E-state index is 0.0238. The molecule has 0 aliphatic carbocycles. The van der Waals surface area contributed by atoms with Crippen LogP contribution in [0, 0.1) is 11.6 Å². The molecule has 124 valence electrons. The van der Waals surface area contributed by atoms with Gasteiger partial charge in [-0.2, -0.15) is 4.39 Å². The van der Waals surface area contributed by atoms with Crippen LogP contribution in [-0.4, -0.2) is 6.61 Å². The predicted molar refractivity (Wildman–Crippen MR) is 90.8 cm³/mol. The highest BCUT2D eigenvalue weighted by Crippen LogP contribution is 2.30. The Hall–Kier alpha value is -1.90. The molecule has 0 heterocycles. The molecule has 0 radical (unpaired) electrons. The third kappa shape index (κ3) is 4.54. The fourth-order valence-electron chi connectivity index (χ4n) is 2.51. The van der Waals surface area contributed by atoms with Gasteiger partial charge in [0.15, 0.2) is 11.6 Å². The van der Waals surface area contributed by atoms with E-state index in [-0.39, 0.29) is 11.3 Å². The molecule has 0 aromatic heterocycles. The third-order valence-electron chi connectivity index (χ3n) is 3.84. The second-order valence-corrected chi connectivity index (χ2v) is 5.74.